The fourth-order valence-corrected chi connectivity index (χ4v) is 3.73. The van der Waals surface area contributed by atoms with Crippen LogP contribution < -0.4 is 0 Å². The number of alkyl halides is 2. The van der Waals surface area contributed by atoms with Gasteiger partial charge in [0.2, 0.25) is 0 Å². The summed E-state index contributed by atoms with van der Waals surface area (Å²) in [6.45, 7) is 0. The second kappa shape index (κ2) is 5.02. The smallest absolute Gasteiger partial charge is 0.0567 e. The summed E-state index contributed by atoms with van der Waals surface area (Å²) in [5.74, 6) is 0. The highest BCUT2D eigenvalue weighted by Gasteiger charge is 2.24. The molecule has 0 saturated heterocycles. The molecule has 1 aliphatic rings. The number of fused-ring (bicyclic) bond motifs is 2. The van der Waals surface area contributed by atoms with Gasteiger partial charge in [-0.25, -0.2) is 0 Å². The van der Waals surface area contributed by atoms with Crippen molar-refractivity contribution in [1.29, 1.82) is 0 Å². The maximum absolute atomic E-state index is 3.83. The van der Waals surface area contributed by atoms with E-state index < -0.39 is 0 Å². The third-order valence-corrected chi connectivity index (χ3v) is 6.04. The van der Waals surface area contributed by atoms with Crippen molar-refractivity contribution in [2.75, 3.05) is 0 Å². The predicted molar refractivity (Wildman–Crippen MR) is 85.1 cm³/mol. The second-order valence-electron chi connectivity index (χ2n) is 4.39. The third-order valence-electron chi connectivity index (χ3n) is 3.29. The summed E-state index contributed by atoms with van der Waals surface area (Å²) in [6.07, 6.45) is 4.39. The minimum absolute atomic E-state index is 0.278. The van der Waals surface area contributed by atoms with Gasteiger partial charge in [0.15, 0.2) is 0 Å². The van der Waals surface area contributed by atoms with Crippen LogP contribution in [0.2, 0.25) is 0 Å². The van der Waals surface area contributed by atoms with Gasteiger partial charge in [-0.2, -0.15) is 0 Å². The molecule has 2 unspecified atom stereocenters. The average molecular weight is 364 g/mol. The molecule has 2 heteroatoms. The predicted octanol–water partition coefficient (Wildman–Crippen LogP) is 5.74. The Kier molecular flexibility index (Phi) is 3.40. The molecule has 0 heterocycles. The second-order valence-corrected chi connectivity index (χ2v) is 6.37. The molecule has 2 aromatic rings. The number of benzene rings is 2. The summed E-state index contributed by atoms with van der Waals surface area (Å²) in [7, 11) is 0. The summed E-state index contributed by atoms with van der Waals surface area (Å²) < 4.78 is 0. The number of rotatable bonds is 0. The fraction of sp³-hybridized carbons (Fsp3) is 0.125. The molecule has 0 spiro atoms. The first-order valence-electron chi connectivity index (χ1n) is 5.91. The number of halogens is 2. The lowest BCUT2D eigenvalue weighted by molar-refractivity contribution is 0.931. The molecule has 1 aliphatic carbocycles. The van der Waals surface area contributed by atoms with Gasteiger partial charge in [0.05, 0.1) is 9.65 Å². The minimum Gasteiger partial charge on any atom is -0.0823 e. The Bertz CT molecular complexity index is 548. The molecule has 18 heavy (non-hydrogen) atoms. The highest BCUT2D eigenvalue weighted by Crippen LogP contribution is 2.46. The van der Waals surface area contributed by atoms with Crippen LogP contribution in [0.15, 0.2) is 48.5 Å². The number of hydrogen-bond donors (Lipinski definition) is 0. The van der Waals surface area contributed by atoms with Gasteiger partial charge in [-0.05, 0) is 22.3 Å². The van der Waals surface area contributed by atoms with Gasteiger partial charge in [0.25, 0.3) is 0 Å². The molecule has 0 nitrogen and oxygen atoms in total. The third kappa shape index (κ3) is 2.08. The van der Waals surface area contributed by atoms with Crippen molar-refractivity contribution in [2.24, 2.45) is 0 Å². The minimum atomic E-state index is 0.278. The first-order chi connectivity index (χ1) is 8.77. The molecule has 90 valence electrons. The van der Waals surface area contributed by atoms with E-state index in [0.29, 0.717) is 0 Å². The first-order valence-corrected chi connectivity index (χ1v) is 7.74. The topological polar surface area (TPSA) is 0 Å². The van der Waals surface area contributed by atoms with Gasteiger partial charge in [-0.3, -0.25) is 0 Å². The summed E-state index contributed by atoms with van der Waals surface area (Å²) in [4.78, 5) is 0.555. The van der Waals surface area contributed by atoms with Crippen LogP contribution in [0.5, 0.6) is 0 Å². The quantitative estimate of drug-likeness (QED) is 0.523. The largest absolute Gasteiger partial charge is 0.0823 e. The van der Waals surface area contributed by atoms with Crippen molar-refractivity contribution in [3.05, 3.63) is 70.8 Å². The van der Waals surface area contributed by atoms with Gasteiger partial charge in [0.1, 0.15) is 0 Å². The zero-order chi connectivity index (χ0) is 12.5. The molecule has 0 fully saturated rings. The van der Waals surface area contributed by atoms with E-state index in [1.807, 2.05) is 0 Å². The standard InChI is InChI=1S/C16H12Br2/c17-15-13-7-3-1-5-11(13)9-10-12-6-2-4-8-14(12)16(15)18/h1-10,15-16H. The van der Waals surface area contributed by atoms with Crippen molar-refractivity contribution >= 4 is 44.0 Å². The molecule has 0 bridgehead atoms. The van der Waals surface area contributed by atoms with Crippen molar-refractivity contribution in [1.82, 2.24) is 0 Å². The van der Waals surface area contributed by atoms with Gasteiger partial charge >= 0.3 is 0 Å². The number of hydrogen-bond acceptors (Lipinski definition) is 0. The molecule has 3 rings (SSSR count). The fourth-order valence-electron chi connectivity index (χ4n) is 2.32. The molecule has 0 aliphatic heterocycles. The molecule has 2 aromatic carbocycles. The Morgan fingerprint density at radius 1 is 0.611 bits per heavy atom. The Morgan fingerprint density at radius 3 is 1.44 bits per heavy atom. The van der Waals surface area contributed by atoms with E-state index in [-0.39, 0.29) is 9.65 Å². The van der Waals surface area contributed by atoms with Crippen LogP contribution in [0, 0.1) is 0 Å². The molecule has 2 atom stereocenters. The molecular weight excluding hydrogens is 352 g/mol. The zero-order valence-corrected chi connectivity index (χ0v) is 12.9. The lowest BCUT2D eigenvalue weighted by atomic mass is 9.93. The van der Waals surface area contributed by atoms with E-state index in [1.54, 1.807) is 0 Å². The van der Waals surface area contributed by atoms with Crippen LogP contribution in [-0.2, 0) is 0 Å². The maximum Gasteiger partial charge on any atom is 0.0567 e. The van der Waals surface area contributed by atoms with Gasteiger partial charge in [0, 0.05) is 0 Å². The van der Waals surface area contributed by atoms with E-state index in [2.05, 4.69) is 92.5 Å². The Balaban J connectivity index is 2.22. The van der Waals surface area contributed by atoms with E-state index in [1.165, 1.54) is 22.3 Å². The lowest BCUT2D eigenvalue weighted by Gasteiger charge is -2.23. The maximum atomic E-state index is 3.83. The van der Waals surface area contributed by atoms with Crippen LogP contribution in [0.3, 0.4) is 0 Å². The van der Waals surface area contributed by atoms with Gasteiger partial charge in [-0.1, -0.05) is 92.5 Å². The van der Waals surface area contributed by atoms with E-state index in [9.17, 15) is 0 Å². The molecule has 0 aromatic heterocycles. The monoisotopic (exact) mass is 362 g/mol. The zero-order valence-electron chi connectivity index (χ0n) is 9.68. The van der Waals surface area contributed by atoms with Crippen LogP contribution in [0.4, 0.5) is 0 Å². The summed E-state index contributed by atoms with van der Waals surface area (Å²) >= 11 is 7.65. The van der Waals surface area contributed by atoms with Crippen LogP contribution in [0.25, 0.3) is 12.2 Å². The van der Waals surface area contributed by atoms with Crippen LogP contribution >= 0.6 is 31.9 Å². The first kappa shape index (κ1) is 12.2. The lowest BCUT2D eigenvalue weighted by Crippen LogP contribution is -2.04. The molecule has 0 saturated carbocycles. The Hall–Kier alpha value is -0.860. The molecule has 0 radical (unpaired) electrons. The highest BCUT2D eigenvalue weighted by atomic mass is 79.9. The van der Waals surface area contributed by atoms with Crippen LogP contribution in [-0.4, -0.2) is 0 Å². The highest BCUT2D eigenvalue weighted by molar-refractivity contribution is 9.12. The van der Waals surface area contributed by atoms with Crippen molar-refractivity contribution < 1.29 is 0 Å². The Morgan fingerprint density at radius 2 is 1.00 bits per heavy atom. The SMILES string of the molecule is BrC1c2ccccc2C=Cc2ccccc2C1Br. The van der Waals surface area contributed by atoms with Crippen molar-refractivity contribution in [3.8, 4) is 0 Å². The van der Waals surface area contributed by atoms with Crippen molar-refractivity contribution in [3.63, 3.8) is 0 Å². The van der Waals surface area contributed by atoms with Gasteiger partial charge in [-0.15, -0.1) is 0 Å². The van der Waals surface area contributed by atoms with Gasteiger partial charge < -0.3 is 0 Å². The normalized spacial score (nSPS) is 21.7. The van der Waals surface area contributed by atoms with E-state index >= 15 is 0 Å². The Labute approximate surface area is 124 Å². The molecular formula is C16H12Br2. The van der Waals surface area contributed by atoms with Crippen LogP contribution in [0.1, 0.15) is 31.9 Å². The van der Waals surface area contributed by atoms with E-state index in [0.717, 1.165) is 0 Å². The van der Waals surface area contributed by atoms with E-state index in [4.69, 9.17) is 0 Å². The summed E-state index contributed by atoms with van der Waals surface area (Å²) in [5.41, 5.74) is 5.20. The van der Waals surface area contributed by atoms with Crippen molar-refractivity contribution in [2.45, 2.75) is 9.65 Å². The summed E-state index contributed by atoms with van der Waals surface area (Å²) in [5, 5.41) is 0. The molecule has 0 amide bonds. The molecule has 0 N–H and O–H groups in total. The summed E-state index contributed by atoms with van der Waals surface area (Å²) in [6, 6.07) is 17.0. The average Bonchev–Trinajstić information content (AvgIpc) is 2.43.